The molecule has 1 heterocycles. The molecule has 120 valence electrons. The highest BCUT2D eigenvalue weighted by atomic mass is 35.5. The first-order valence-corrected chi connectivity index (χ1v) is 8.39. The summed E-state index contributed by atoms with van der Waals surface area (Å²) in [5.74, 6) is 0. The molecule has 1 saturated heterocycles. The van der Waals surface area contributed by atoms with E-state index in [4.69, 9.17) is 11.6 Å². The van der Waals surface area contributed by atoms with Gasteiger partial charge in [0.05, 0.1) is 6.21 Å². The van der Waals surface area contributed by atoms with Gasteiger partial charge in [0.2, 0.25) is 0 Å². The van der Waals surface area contributed by atoms with E-state index in [1.807, 2.05) is 30.5 Å². The van der Waals surface area contributed by atoms with Gasteiger partial charge in [-0.15, -0.1) is 0 Å². The van der Waals surface area contributed by atoms with Gasteiger partial charge < -0.3 is 0 Å². The van der Waals surface area contributed by atoms with Gasteiger partial charge in [0, 0.05) is 37.7 Å². The van der Waals surface area contributed by atoms with E-state index in [9.17, 15) is 0 Å². The Kier molecular flexibility index (Phi) is 5.31. The van der Waals surface area contributed by atoms with Crippen LogP contribution in [0, 0.1) is 6.92 Å². The predicted octanol–water partition coefficient (Wildman–Crippen LogP) is 3.80. The van der Waals surface area contributed by atoms with Gasteiger partial charge in [-0.25, -0.2) is 0 Å². The lowest BCUT2D eigenvalue weighted by Crippen LogP contribution is -2.43. The number of hydrazone groups is 1. The molecule has 0 spiro atoms. The van der Waals surface area contributed by atoms with Gasteiger partial charge in [-0.05, 0) is 30.2 Å². The second-order valence-corrected chi connectivity index (χ2v) is 6.45. The van der Waals surface area contributed by atoms with E-state index in [2.05, 4.69) is 46.2 Å². The minimum atomic E-state index is 0.756. The molecule has 1 aliphatic rings. The van der Waals surface area contributed by atoms with Crippen LogP contribution in [0.15, 0.2) is 53.6 Å². The topological polar surface area (TPSA) is 18.8 Å². The molecule has 2 aromatic rings. The van der Waals surface area contributed by atoms with Crippen molar-refractivity contribution in [1.82, 2.24) is 9.91 Å². The lowest BCUT2D eigenvalue weighted by molar-refractivity contribution is 0.131. The molecule has 3 rings (SSSR count). The summed E-state index contributed by atoms with van der Waals surface area (Å²) in [7, 11) is 0. The third-order valence-corrected chi connectivity index (χ3v) is 4.37. The molecule has 0 unspecified atom stereocenters. The molecule has 0 N–H and O–H groups in total. The molecule has 0 atom stereocenters. The van der Waals surface area contributed by atoms with Crippen molar-refractivity contribution in [3.05, 3.63) is 70.2 Å². The van der Waals surface area contributed by atoms with Crippen molar-refractivity contribution in [1.29, 1.82) is 0 Å². The second-order valence-electron chi connectivity index (χ2n) is 6.01. The molecule has 23 heavy (non-hydrogen) atoms. The standard InChI is InChI=1S/C19H22ClN3/c1-16-2-4-18(5-3-16)15-22-10-12-23(13-11-22)21-14-17-6-8-19(20)9-7-17/h2-9,14H,10-13,15H2,1H3/b21-14+. The van der Waals surface area contributed by atoms with Crippen molar-refractivity contribution in [2.75, 3.05) is 26.2 Å². The highest BCUT2D eigenvalue weighted by Crippen LogP contribution is 2.11. The number of rotatable bonds is 4. The largest absolute Gasteiger partial charge is 0.295 e. The molecular weight excluding hydrogens is 306 g/mol. The minimum absolute atomic E-state index is 0.756. The van der Waals surface area contributed by atoms with Crippen molar-refractivity contribution in [3.63, 3.8) is 0 Å². The monoisotopic (exact) mass is 327 g/mol. The normalized spacial score (nSPS) is 16.2. The first kappa shape index (κ1) is 16.0. The maximum absolute atomic E-state index is 5.89. The molecule has 0 radical (unpaired) electrons. The van der Waals surface area contributed by atoms with Crippen LogP contribution in [0.5, 0.6) is 0 Å². The maximum atomic E-state index is 5.89. The summed E-state index contributed by atoms with van der Waals surface area (Å²) in [5, 5.41) is 7.47. The molecule has 0 aromatic heterocycles. The molecular formula is C19H22ClN3. The Labute approximate surface area is 143 Å². The molecule has 0 saturated carbocycles. The Morgan fingerprint density at radius 2 is 1.61 bits per heavy atom. The Hall–Kier alpha value is -1.84. The maximum Gasteiger partial charge on any atom is 0.0542 e. The quantitative estimate of drug-likeness (QED) is 0.795. The number of hydrogen-bond donors (Lipinski definition) is 0. The third-order valence-electron chi connectivity index (χ3n) is 4.12. The van der Waals surface area contributed by atoms with E-state index in [0.717, 1.165) is 43.3 Å². The molecule has 3 nitrogen and oxygen atoms in total. The SMILES string of the molecule is Cc1ccc(CN2CCN(/N=C/c3ccc(Cl)cc3)CC2)cc1. The van der Waals surface area contributed by atoms with Gasteiger partial charge in [0.15, 0.2) is 0 Å². The number of hydrogen-bond acceptors (Lipinski definition) is 3. The molecule has 4 heteroatoms. The average Bonchev–Trinajstić information content (AvgIpc) is 2.58. The van der Waals surface area contributed by atoms with Crippen LogP contribution >= 0.6 is 11.6 Å². The fraction of sp³-hybridized carbons (Fsp3) is 0.316. The molecule has 0 amide bonds. The van der Waals surface area contributed by atoms with Crippen molar-refractivity contribution in [2.45, 2.75) is 13.5 Å². The zero-order chi connectivity index (χ0) is 16.1. The van der Waals surface area contributed by atoms with Crippen LogP contribution in [0.2, 0.25) is 5.02 Å². The summed E-state index contributed by atoms with van der Waals surface area (Å²) in [6.07, 6.45) is 1.91. The average molecular weight is 328 g/mol. The van der Waals surface area contributed by atoms with Gasteiger partial charge >= 0.3 is 0 Å². The van der Waals surface area contributed by atoms with E-state index in [-0.39, 0.29) is 0 Å². The summed E-state index contributed by atoms with van der Waals surface area (Å²) in [6, 6.07) is 16.6. The minimum Gasteiger partial charge on any atom is -0.295 e. The molecule has 0 bridgehead atoms. The fourth-order valence-corrected chi connectivity index (χ4v) is 2.79. The first-order valence-electron chi connectivity index (χ1n) is 8.01. The van der Waals surface area contributed by atoms with Crippen LogP contribution < -0.4 is 0 Å². The lowest BCUT2D eigenvalue weighted by atomic mass is 10.1. The van der Waals surface area contributed by atoms with Gasteiger partial charge in [0.1, 0.15) is 0 Å². The van der Waals surface area contributed by atoms with E-state index < -0.39 is 0 Å². The van der Waals surface area contributed by atoms with Crippen LogP contribution in [-0.4, -0.2) is 42.3 Å². The number of halogens is 1. The summed E-state index contributed by atoms with van der Waals surface area (Å²) in [5.41, 5.74) is 3.78. The van der Waals surface area contributed by atoms with Gasteiger partial charge in [-0.3, -0.25) is 9.91 Å². The van der Waals surface area contributed by atoms with Crippen molar-refractivity contribution < 1.29 is 0 Å². The van der Waals surface area contributed by atoms with Crippen LogP contribution in [0.1, 0.15) is 16.7 Å². The molecule has 2 aromatic carbocycles. The Morgan fingerprint density at radius 1 is 0.957 bits per heavy atom. The van der Waals surface area contributed by atoms with Gasteiger partial charge in [0.25, 0.3) is 0 Å². The predicted molar refractivity (Wildman–Crippen MR) is 97.1 cm³/mol. The Morgan fingerprint density at radius 3 is 2.26 bits per heavy atom. The summed E-state index contributed by atoms with van der Waals surface area (Å²) < 4.78 is 0. The van der Waals surface area contributed by atoms with E-state index in [1.165, 1.54) is 11.1 Å². The second kappa shape index (κ2) is 7.62. The number of piperazine rings is 1. The smallest absolute Gasteiger partial charge is 0.0542 e. The van der Waals surface area contributed by atoms with Crippen LogP contribution in [0.25, 0.3) is 0 Å². The molecule has 1 fully saturated rings. The lowest BCUT2D eigenvalue weighted by Gasteiger charge is -2.33. The van der Waals surface area contributed by atoms with Crippen LogP contribution in [0.3, 0.4) is 0 Å². The highest BCUT2D eigenvalue weighted by molar-refractivity contribution is 6.30. The summed E-state index contributed by atoms with van der Waals surface area (Å²) in [6.45, 7) is 7.18. The van der Waals surface area contributed by atoms with E-state index >= 15 is 0 Å². The van der Waals surface area contributed by atoms with Gasteiger partial charge in [-0.2, -0.15) is 5.10 Å². The third kappa shape index (κ3) is 4.81. The van der Waals surface area contributed by atoms with Crippen LogP contribution in [0.4, 0.5) is 0 Å². The van der Waals surface area contributed by atoms with E-state index in [0.29, 0.717) is 0 Å². The molecule has 0 aliphatic carbocycles. The zero-order valence-electron chi connectivity index (χ0n) is 13.5. The number of nitrogens with zero attached hydrogens (tertiary/aromatic N) is 3. The Bertz CT molecular complexity index is 641. The van der Waals surface area contributed by atoms with Crippen LogP contribution in [-0.2, 0) is 6.54 Å². The number of aryl methyl sites for hydroxylation is 1. The zero-order valence-corrected chi connectivity index (χ0v) is 14.2. The number of benzene rings is 2. The molecule has 1 aliphatic heterocycles. The summed E-state index contributed by atoms with van der Waals surface area (Å²) >= 11 is 5.89. The van der Waals surface area contributed by atoms with Crippen molar-refractivity contribution in [3.8, 4) is 0 Å². The summed E-state index contributed by atoms with van der Waals surface area (Å²) in [4.78, 5) is 2.49. The fourth-order valence-electron chi connectivity index (χ4n) is 2.66. The first-order chi connectivity index (χ1) is 11.2. The van der Waals surface area contributed by atoms with Crippen molar-refractivity contribution >= 4 is 17.8 Å². The highest BCUT2D eigenvalue weighted by Gasteiger charge is 2.15. The Balaban J connectivity index is 1.48. The van der Waals surface area contributed by atoms with E-state index in [1.54, 1.807) is 0 Å². The van der Waals surface area contributed by atoms with Gasteiger partial charge in [-0.1, -0.05) is 53.6 Å². The van der Waals surface area contributed by atoms with Crippen molar-refractivity contribution in [2.24, 2.45) is 5.10 Å².